The molecule has 0 aliphatic heterocycles. The van der Waals surface area contributed by atoms with Gasteiger partial charge in [-0.3, -0.25) is 4.79 Å². The van der Waals surface area contributed by atoms with Crippen LogP contribution in [0, 0.1) is 6.07 Å². The third-order valence-electron chi connectivity index (χ3n) is 2.79. The summed E-state index contributed by atoms with van der Waals surface area (Å²) >= 11 is 0. The van der Waals surface area contributed by atoms with E-state index in [1.807, 2.05) is 12.1 Å². The molecule has 0 atom stereocenters. The number of nitrogens with zero attached hydrogens (tertiary/aromatic N) is 1. The number of aliphatic hydroxyl groups is 3. The summed E-state index contributed by atoms with van der Waals surface area (Å²) in [6.07, 6.45) is 2.81. The number of benzene rings is 1. The zero-order chi connectivity index (χ0) is 17.2. The number of ketones is 1. The summed E-state index contributed by atoms with van der Waals surface area (Å²) in [5.74, 6) is -0.0625. The number of aliphatic hydroxyl groups excluding tert-OH is 3. The van der Waals surface area contributed by atoms with Crippen LogP contribution in [0.25, 0.3) is 11.3 Å². The fraction of sp³-hybridized carbons (Fsp3) is 0.222. The van der Waals surface area contributed by atoms with Crippen molar-refractivity contribution >= 4 is 5.78 Å². The molecule has 1 aromatic carbocycles. The van der Waals surface area contributed by atoms with Crippen LogP contribution in [0.15, 0.2) is 48.4 Å². The fourth-order valence-corrected chi connectivity index (χ4v) is 1.85. The number of pyridine rings is 1. The van der Waals surface area contributed by atoms with Crippen molar-refractivity contribution in [3.63, 3.8) is 0 Å². The van der Waals surface area contributed by atoms with Crippen LogP contribution in [0.1, 0.15) is 25.0 Å². The Morgan fingerprint density at radius 1 is 1.25 bits per heavy atom. The van der Waals surface area contributed by atoms with Gasteiger partial charge in [-0.2, -0.15) is 0 Å². The van der Waals surface area contributed by atoms with Gasteiger partial charge < -0.3 is 20.3 Å². The van der Waals surface area contributed by atoms with Gasteiger partial charge in [0.2, 0.25) is 0 Å². The molecule has 0 bridgehead atoms. The van der Waals surface area contributed by atoms with E-state index < -0.39 is 0 Å². The molecule has 131 valence electrons. The van der Waals surface area contributed by atoms with E-state index in [0.29, 0.717) is 0 Å². The van der Waals surface area contributed by atoms with Crippen LogP contribution < -0.4 is 0 Å². The van der Waals surface area contributed by atoms with Crippen molar-refractivity contribution in [3.05, 3.63) is 65.6 Å². The Hall–Kier alpha value is -1.85. The summed E-state index contributed by atoms with van der Waals surface area (Å²) in [7, 11) is 0. The maximum Gasteiger partial charge on any atom is 0.155 e. The van der Waals surface area contributed by atoms with Crippen molar-refractivity contribution in [1.82, 2.24) is 4.98 Å². The molecule has 0 saturated heterocycles. The van der Waals surface area contributed by atoms with Gasteiger partial charge in [0.1, 0.15) is 0 Å². The van der Waals surface area contributed by atoms with Gasteiger partial charge in [0.15, 0.2) is 5.78 Å². The molecule has 2 aromatic rings. The van der Waals surface area contributed by atoms with Crippen molar-refractivity contribution in [2.45, 2.75) is 27.1 Å². The normalized spacial score (nSPS) is 10.2. The fourth-order valence-electron chi connectivity index (χ4n) is 1.85. The Kier molecular flexibility index (Phi) is 10.8. The van der Waals surface area contributed by atoms with E-state index in [1.54, 1.807) is 24.4 Å². The molecule has 6 heteroatoms. The predicted molar refractivity (Wildman–Crippen MR) is 87.4 cm³/mol. The number of carbonyl (C=O) groups is 1. The molecule has 24 heavy (non-hydrogen) atoms. The molecule has 0 spiro atoms. The summed E-state index contributed by atoms with van der Waals surface area (Å²) in [5, 5.41) is 26.6. The van der Waals surface area contributed by atoms with Crippen LogP contribution in [-0.4, -0.2) is 26.1 Å². The maximum absolute atomic E-state index is 10.0. The number of rotatable bonds is 4. The average Bonchev–Trinajstić information content (AvgIpc) is 2.54. The Balaban J connectivity index is 0.000000570. The number of carbonyl (C=O) groups excluding carboxylic acids is 1. The number of hydrogen-bond donors (Lipinski definition) is 3. The van der Waals surface area contributed by atoms with Crippen LogP contribution in [-0.2, 0) is 38.1 Å². The van der Waals surface area contributed by atoms with Gasteiger partial charge in [-0.15, -0.1) is 35.4 Å². The molecule has 5 nitrogen and oxygen atoms in total. The number of aromatic nitrogens is 1. The van der Waals surface area contributed by atoms with Crippen LogP contribution in [0.4, 0.5) is 0 Å². The van der Waals surface area contributed by atoms with Gasteiger partial charge in [-0.05, 0) is 31.2 Å². The Labute approximate surface area is 155 Å². The van der Waals surface area contributed by atoms with Gasteiger partial charge in [0.05, 0.1) is 12.4 Å². The monoisotopic (exact) mass is 507 g/mol. The van der Waals surface area contributed by atoms with Gasteiger partial charge in [-0.1, -0.05) is 6.07 Å². The first-order valence-corrected chi connectivity index (χ1v) is 7.02. The molecule has 1 heterocycles. The first-order chi connectivity index (χ1) is 11.0. The Morgan fingerprint density at radius 3 is 2.46 bits per heavy atom. The third kappa shape index (κ3) is 7.62. The largest absolute Gasteiger partial charge is 0.512 e. The second-order valence-corrected chi connectivity index (χ2v) is 4.83. The number of allylic oxidation sites excluding steroid dienone is 2. The predicted octanol–water partition coefficient (Wildman–Crippen LogP) is 2.57. The quantitative estimate of drug-likeness (QED) is 0.337. The molecule has 0 saturated carbocycles. The Morgan fingerprint density at radius 2 is 1.96 bits per heavy atom. The minimum atomic E-state index is -0.125. The smallest absolute Gasteiger partial charge is 0.155 e. The minimum Gasteiger partial charge on any atom is -0.512 e. The minimum absolute atomic E-state index is 0. The second kappa shape index (κ2) is 11.6. The average molecular weight is 507 g/mol. The zero-order valence-corrected chi connectivity index (χ0v) is 15.9. The SMILES string of the molecule is CC(=O)/C=C(/C)O.OCc1ccnc(-c2[c-]cccc2CO)c1.[Ir]. The van der Waals surface area contributed by atoms with Gasteiger partial charge >= 0.3 is 0 Å². The van der Waals surface area contributed by atoms with E-state index in [0.717, 1.165) is 22.4 Å². The first-order valence-electron chi connectivity index (χ1n) is 7.02. The zero-order valence-electron chi connectivity index (χ0n) is 13.5. The van der Waals surface area contributed by atoms with Gasteiger partial charge in [0, 0.05) is 39.0 Å². The van der Waals surface area contributed by atoms with Crippen molar-refractivity contribution in [1.29, 1.82) is 0 Å². The van der Waals surface area contributed by atoms with Crippen LogP contribution >= 0.6 is 0 Å². The molecule has 1 radical (unpaired) electrons. The van der Waals surface area contributed by atoms with E-state index in [2.05, 4.69) is 11.1 Å². The summed E-state index contributed by atoms with van der Waals surface area (Å²) < 4.78 is 0. The van der Waals surface area contributed by atoms with E-state index >= 15 is 0 Å². The molecule has 0 unspecified atom stereocenters. The van der Waals surface area contributed by atoms with Gasteiger partial charge in [-0.25, -0.2) is 0 Å². The molecule has 2 rings (SSSR count). The maximum atomic E-state index is 10.0. The first kappa shape index (κ1) is 22.1. The Bertz CT molecular complexity index is 682. The summed E-state index contributed by atoms with van der Waals surface area (Å²) in [5.41, 5.74) is 3.08. The summed E-state index contributed by atoms with van der Waals surface area (Å²) in [4.78, 5) is 14.2. The molecule has 0 fully saturated rings. The number of hydrogen-bond acceptors (Lipinski definition) is 5. The molecule has 0 aliphatic carbocycles. The van der Waals surface area contributed by atoms with E-state index in [9.17, 15) is 9.90 Å². The topological polar surface area (TPSA) is 90.7 Å². The van der Waals surface area contributed by atoms with Crippen molar-refractivity contribution in [2.75, 3.05) is 0 Å². The molecule has 0 aliphatic rings. The second-order valence-electron chi connectivity index (χ2n) is 4.83. The van der Waals surface area contributed by atoms with Crippen molar-refractivity contribution in [2.24, 2.45) is 0 Å². The molecule has 3 N–H and O–H groups in total. The molecular weight excluding hydrogens is 486 g/mol. The van der Waals surface area contributed by atoms with E-state index in [1.165, 1.54) is 19.9 Å². The third-order valence-corrected chi connectivity index (χ3v) is 2.79. The van der Waals surface area contributed by atoms with Crippen LogP contribution in [0.3, 0.4) is 0 Å². The van der Waals surface area contributed by atoms with Crippen molar-refractivity contribution in [3.8, 4) is 11.3 Å². The molecular formula is C18H20IrNO4-. The van der Waals surface area contributed by atoms with Crippen LogP contribution in [0.5, 0.6) is 0 Å². The van der Waals surface area contributed by atoms with Gasteiger partial charge in [0.25, 0.3) is 0 Å². The molecule has 1 aromatic heterocycles. The van der Waals surface area contributed by atoms with E-state index in [-0.39, 0.29) is 44.9 Å². The van der Waals surface area contributed by atoms with E-state index in [4.69, 9.17) is 10.2 Å². The standard InChI is InChI=1S/C13H12NO2.C5H8O2.Ir/c15-8-10-5-6-14-13(7-10)12-4-2-1-3-11(12)9-16;1-4(6)3-5(2)7;/h1-3,5-7,15-16H,8-9H2;3,6H,1-2H3;/q-1;;/b;4-3-;. The van der Waals surface area contributed by atoms with Crippen LogP contribution in [0.2, 0.25) is 0 Å². The van der Waals surface area contributed by atoms with Crippen molar-refractivity contribution < 1.29 is 40.2 Å². The summed E-state index contributed by atoms with van der Waals surface area (Å²) in [6, 6.07) is 12.0. The molecule has 0 amide bonds. The summed E-state index contributed by atoms with van der Waals surface area (Å²) in [6.45, 7) is 2.79.